The highest BCUT2D eigenvalue weighted by molar-refractivity contribution is 6.29. The molecule has 2 aromatic rings. The molecule has 0 atom stereocenters. The zero-order valence-electron chi connectivity index (χ0n) is 14.0. The van der Waals surface area contributed by atoms with E-state index < -0.39 is 0 Å². The summed E-state index contributed by atoms with van der Waals surface area (Å²) in [5.74, 6) is 0.773. The minimum Gasteiger partial charge on any atom is -0.356 e. The molecular formula is C16H23ClN6. The van der Waals surface area contributed by atoms with Gasteiger partial charge in [0.15, 0.2) is 5.96 Å². The largest absolute Gasteiger partial charge is 0.356 e. The maximum atomic E-state index is 5.78. The minimum absolute atomic E-state index is 0.515. The molecule has 0 fully saturated rings. The first-order valence-corrected chi connectivity index (χ1v) is 7.93. The van der Waals surface area contributed by atoms with E-state index in [4.69, 9.17) is 11.6 Å². The normalized spacial score (nSPS) is 11.6. The van der Waals surface area contributed by atoms with Crippen LogP contribution in [0.3, 0.4) is 0 Å². The summed E-state index contributed by atoms with van der Waals surface area (Å²) in [6.07, 6.45) is 2.65. The maximum absolute atomic E-state index is 5.78. The summed E-state index contributed by atoms with van der Waals surface area (Å²) in [5.41, 5.74) is 4.55. The number of pyridine rings is 1. The second-order valence-corrected chi connectivity index (χ2v) is 5.75. The molecule has 0 saturated carbocycles. The molecule has 6 nitrogen and oxygen atoms in total. The monoisotopic (exact) mass is 334 g/mol. The second-order valence-electron chi connectivity index (χ2n) is 5.36. The molecule has 23 heavy (non-hydrogen) atoms. The molecule has 0 bridgehead atoms. The van der Waals surface area contributed by atoms with Gasteiger partial charge in [-0.1, -0.05) is 17.7 Å². The van der Waals surface area contributed by atoms with Crippen LogP contribution in [0, 0.1) is 13.8 Å². The number of hydrogen-bond acceptors (Lipinski definition) is 3. The SMILES string of the molecule is CN=C(NCCc1ccc(Cl)nc1)NCc1c(C)nn(C)c1C. The molecule has 2 heterocycles. The van der Waals surface area contributed by atoms with Gasteiger partial charge in [0.05, 0.1) is 5.69 Å². The van der Waals surface area contributed by atoms with Crippen molar-refractivity contribution in [2.75, 3.05) is 13.6 Å². The van der Waals surface area contributed by atoms with Gasteiger partial charge in [0, 0.05) is 44.6 Å². The smallest absolute Gasteiger partial charge is 0.191 e. The van der Waals surface area contributed by atoms with E-state index >= 15 is 0 Å². The molecule has 7 heteroatoms. The van der Waals surface area contributed by atoms with E-state index in [-0.39, 0.29) is 0 Å². The van der Waals surface area contributed by atoms with Crippen LogP contribution >= 0.6 is 11.6 Å². The Morgan fingerprint density at radius 3 is 2.65 bits per heavy atom. The summed E-state index contributed by atoms with van der Waals surface area (Å²) in [6.45, 7) is 5.57. The minimum atomic E-state index is 0.515. The Bertz CT molecular complexity index is 675. The van der Waals surface area contributed by atoms with Crippen LogP contribution < -0.4 is 10.6 Å². The lowest BCUT2D eigenvalue weighted by molar-refractivity contribution is 0.728. The summed E-state index contributed by atoms with van der Waals surface area (Å²) >= 11 is 5.78. The fourth-order valence-corrected chi connectivity index (χ4v) is 2.46. The third-order valence-corrected chi connectivity index (χ3v) is 4.03. The van der Waals surface area contributed by atoms with Crippen LogP contribution in [-0.2, 0) is 20.0 Å². The molecule has 0 radical (unpaired) electrons. The lowest BCUT2D eigenvalue weighted by atomic mass is 10.2. The van der Waals surface area contributed by atoms with Crippen molar-refractivity contribution < 1.29 is 0 Å². The predicted molar refractivity (Wildman–Crippen MR) is 93.8 cm³/mol. The van der Waals surface area contributed by atoms with E-state index in [2.05, 4.69) is 32.6 Å². The lowest BCUT2D eigenvalue weighted by Gasteiger charge is -2.12. The van der Waals surface area contributed by atoms with E-state index in [1.165, 1.54) is 5.56 Å². The Kier molecular flexibility index (Phi) is 5.98. The predicted octanol–water partition coefficient (Wildman–Crippen LogP) is 1.99. The van der Waals surface area contributed by atoms with Crippen molar-refractivity contribution in [2.24, 2.45) is 12.0 Å². The molecule has 0 aliphatic carbocycles. The van der Waals surface area contributed by atoms with E-state index in [9.17, 15) is 0 Å². The summed E-state index contributed by atoms with van der Waals surface area (Å²) in [5, 5.41) is 11.6. The number of rotatable bonds is 5. The Morgan fingerprint density at radius 1 is 1.30 bits per heavy atom. The zero-order chi connectivity index (χ0) is 16.8. The first-order chi connectivity index (χ1) is 11.0. The van der Waals surface area contributed by atoms with Crippen LogP contribution in [0.25, 0.3) is 0 Å². The Morgan fingerprint density at radius 2 is 2.09 bits per heavy atom. The molecule has 0 aliphatic rings. The number of hydrogen-bond donors (Lipinski definition) is 2. The van der Waals surface area contributed by atoms with Gasteiger partial charge in [-0.25, -0.2) is 4.98 Å². The molecule has 0 saturated heterocycles. The highest BCUT2D eigenvalue weighted by Gasteiger charge is 2.09. The van der Waals surface area contributed by atoms with Gasteiger partial charge in [0.1, 0.15) is 5.15 Å². The third-order valence-electron chi connectivity index (χ3n) is 3.81. The standard InChI is InChI=1S/C16H23ClN6/c1-11-14(12(2)23(4)22-11)10-21-16(18-3)19-8-7-13-5-6-15(17)20-9-13/h5-6,9H,7-8,10H2,1-4H3,(H2,18,19,21). The summed E-state index contributed by atoms with van der Waals surface area (Å²) < 4.78 is 1.90. The van der Waals surface area contributed by atoms with Gasteiger partial charge in [0.25, 0.3) is 0 Å². The average Bonchev–Trinajstić information content (AvgIpc) is 2.78. The molecule has 0 spiro atoms. The Labute approximate surface area is 142 Å². The van der Waals surface area contributed by atoms with Gasteiger partial charge in [-0.15, -0.1) is 0 Å². The van der Waals surface area contributed by atoms with Gasteiger partial charge in [0.2, 0.25) is 0 Å². The van der Waals surface area contributed by atoms with Crippen LogP contribution in [0.4, 0.5) is 0 Å². The third kappa shape index (κ3) is 4.69. The molecular weight excluding hydrogens is 312 g/mol. The Hall–Kier alpha value is -2.08. The number of aromatic nitrogens is 3. The quantitative estimate of drug-likeness (QED) is 0.498. The summed E-state index contributed by atoms with van der Waals surface area (Å²) in [7, 11) is 3.72. The molecule has 0 unspecified atom stereocenters. The Balaban J connectivity index is 1.83. The first kappa shape index (κ1) is 17.3. The van der Waals surface area contributed by atoms with Crippen LogP contribution in [0.2, 0.25) is 5.15 Å². The molecule has 0 aromatic carbocycles. The molecule has 2 rings (SSSR count). The summed E-state index contributed by atoms with van der Waals surface area (Å²) in [6, 6.07) is 3.79. The van der Waals surface area contributed by atoms with Crippen molar-refractivity contribution in [1.82, 2.24) is 25.4 Å². The van der Waals surface area contributed by atoms with Crippen LogP contribution in [-0.4, -0.2) is 34.3 Å². The lowest BCUT2D eigenvalue weighted by Crippen LogP contribution is -2.38. The van der Waals surface area contributed by atoms with Crippen LogP contribution in [0.5, 0.6) is 0 Å². The highest BCUT2D eigenvalue weighted by atomic mass is 35.5. The van der Waals surface area contributed by atoms with E-state index in [0.29, 0.717) is 11.7 Å². The second kappa shape index (κ2) is 7.97. The highest BCUT2D eigenvalue weighted by Crippen LogP contribution is 2.11. The van der Waals surface area contributed by atoms with Crippen molar-refractivity contribution in [1.29, 1.82) is 0 Å². The molecule has 0 amide bonds. The van der Waals surface area contributed by atoms with Crippen molar-refractivity contribution in [3.05, 3.63) is 46.0 Å². The van der Waals surface area contributed by atoms with Crippen molar-refractivity contribution in [3.8, 4) is 0 Å². The molecule has 2 aromatic heterocycles. The molecule has 0 aliphatic heterocycles. The zero-order valence-corrected chi connectivity index (χ0v) is 14.8. The maximum Gasteiger partial charge on any atom is 0.191 e. The molecule has 124 valence electrons. The molecule has 2 N–H and O–H groups in total. The topological polar surface area (TPSA) is 67.1 Å². The number of nitrogens with one attached hydrogen (secondary N) is 2. The number of halogens is 1. The van der Waals surface area contributed by atoms with Crippen LogP contribution in [0.1, 0.15) is 22.5 Å². The fraction of sp³-hybridized carbons (Fsp3) is 0.438. The van der Waals surface area contributed by atoms with Gasteiger partial charge < -0.3 is 10.6 Å². The van der Waals surface area contributed by atoms with E-state index in [0.717, 1.165) is 35.9 Å². The van der Waals surface area contributed by atoms with Crippen molar-refractivity contribution >= 4 is 17.6 Å². The number of aryl methyl sites for hydroxylation is 2. The average molecular weight is 335 g/mol. The van der Waals surface area contributed by atoms with Gasteiger partial charge in [-0.3, -0.25) is 9.67 Å². The van der Waals surface area contributed by atoms with Gasteiger partial charge >= 0.3 is 0 Å². The van der Waals surface area contributed by atoms with Gasteiger partial charge in [-0.2, -0.15) is 5.10 Å². The summed E-state index contributed by atoms with van der Waals surface area (Å²) in [4.78, 5) is 8.32. The number of nitrogens with zero attached hydrogens (tertiary/aromatic N) is 4. The fourth-order valence-electron chi connectivity index (χ4n) is 2.35. The number of aliphatic imine (C=N–C) groups is 1. The van der Waals surface area contributed by atoms with Crippen molar-refractivity contribution in [3.63, 3.8) is 0 Å². The first-order valence-electron chi connectivity index (χ1n) is 7.55. The van der Waals surface area contributed by atoms with E-state index in [1.54, 1.807) is 19.3 Å². The number of guanidine groups is 1. The van der Waals surface area contributed by atoms with Crippen molar-refractivity contribution in [2.45, 2.75) is 26.8 Å². The van der Waals surface area contributed by atoms with E-state index in [1.807, 2.05) is 24.7 Å². The van der Waals surface area contributed by atoms with Crippen LogP contribution in [0.15, 0.2) is 23.3 Å². The van der Waals surface area contributed by atoms with Gasteiger partial charge in [-0.05, 0) is 31.9 Å².